The lowest BCUT2D eigenvalue weighted by molar-refractivity contribution is -0.134. The fourth-order valence-electron chi connectivity index (χ4n) is 3.31. The van der Waals surface area contributed by atoms with Crippen LogP contribution >= 0.6 is 15.9 Å². The maximum absolute atomic E-state index is 14.8. The van der Waals surface area contributed by atoms with Gasteiger partial charge in [-0.2, -0.15) is 0 Å². The van der Waals surface area contributed by atoms with Gasteiger partial charge in [-0.05, 0) is 47.0 Å². The Morgan fingerprint density at radius 2 is 2.00 bits per heavy atom. The number of halogens is 2. The molecule has 2 aromatic rings. The van der Waals surface area contributed by atoms with Crippen LogP contribution in [-0.2, 0) is 11.2 Å². The molecule has 0 unspecified atom stereocenters. The number of likely N-dealkylation sites (tertiary alicyclic amines) is 1. The van der Waals surface area contributed by atoms with Crippen LogP contribution in [0, 0.1) is 0 Å². The van der Waals surface area contributed by atoms with Crippen molar-refractivity contribution in [1.82, 2.24) is 14.9 Å². The number of carbonyl (C=O) groups is 2. The number of pyridine rings is 2. The standard InChI is InChI=1S/C21H22BrFN4O4/c22-12-7-16(20(24)29)21(26-9-12)31-18-5-6-27(11-17(18)23)19(28)8-13-1-2-15(10-25-13)30-14-3-4-14/h1-2,7,9-10,14,17-18H,3-6,8,11H2,(H2,24,29)/t17-,18+/m1/s1. The van der Waals surface area contributed by atoms with E-state index in [0.717, 1.165) is 12.8 Å². The van der Waals surface area contributed by atoms with Gasteiger partial charge < -0.3 is 20.1 Å². The Labute approximate surface area is 187 Å². The number of nitrogens with two attached hydrogens (primary N) is 1. The highest BCUT2D eigenvalue weighted by Crippen LogP contribution is 2.27. The second kappa shape index (κ2) is 9.17. The van der Waals surface area contributed by atoms with Crippen LogP contribution in [0.25, 0.3) is 0 Å². The molecule has 8 nitrogen and oxygen atoms in total. The van der Waals surface area contributed by atoms with Crippen molar-refractivity contribution in [3.63, 3.8) is 0 Å². The predicted molar refractivity (Wildman–Crippen MR) is 113 cm³/mol. The Balaban J connectivity index is 1.32. The van der Waals surface area contributed by atoms with Gasteiger partial charge in [-0.1, -0.05) is 0 Å². The molecule has 1 saturated carbocycles. The van der Waals surface area contributed by atoms with E-state index in [9.17, 15) is 14.0 Å². The molecule has 2 aliphatic rings. The smallest absolute Gasteiger partial charge is 0.254 e. The van der Waals surface area contributed by atoms with E-state index in [1.807, 2.05) is 0 Å². The minimum atomic E-state index is -1.42. The van der Waals surface area contributed by atoms with E-state index >= 15 is 0 Å². The number of alkyl halides is 1. The summed E-state index contributed by atoms with van der Waals surface area (Å²) < 4.78 is 26.6. The van der Waals surface area contributed by atoms with E-state index in [2.05, 4.69) is 25.9 Å². The van der Waals surface area contributed by atoms with Crippen LogP contribution in [0.4, 0.5) is 4.39 Å². The van der Waals surface area contributed by atoms with Crippen molar-refractivity contribution in [2.75, 3.05) is 13.1 Å². The number of piperidine rings is 1. The molecule has 2 N–H and O–H groups in total. The van der Waals surface area contributed by atoms with Gasteiger partial charge in [0.05, 0.1) is 25.3 Å². The van der Waals surface area contributed by atoms with Crippen molar-refractivity contribution in [1.29, 1.82) is 0 Å². The molecule has 1 aliphatic carbocycles. The Morgan fingerprint density at radius 1 is 1.19 bits per heavy atom. The first-order valence-electron chi connectivity index (χ1n) is 10.0. The molecule has 2 atom stereocenters. The number of aromatic nitrogens is 2. The minimum absolute atomic E-state index is 0.0131. The van der Waals surface area contributed by atoms with Gasteiger partial charge in [0.1, 0.15) is 17.4 Å². The Hall–Kier alpha value is -2.75. The van der Waals surface area contributed by atoms with Crippen LogP contribution in [0.5, 0.6) is 11.6 Å². The average Bonchev–Trinajstić information content (AvgIpc) is 3.56. The van der Waals surface area contributed by atoms with Crippen molar-refractivity contribution in [2.24, 2.45) is 5.73 Å². The number of rotatable bonds is 7. The maximum atomic E-state index is 14.8. The van der Waals surface area contributed by atoms with Crippen LogP contribution in [0.1, 0.15) is 35.3 Å². The Kier molecular flexibility index (Phi) is 6.35. The third-order valence-electron chi connectivity index (χ3n) is 5.14. The molecule has 1 aliphatic heterocycles. The van der Waals surface area contributed by atoms with Crippen molar-refractivity contribution < 1.29 is 23.5 Å². The Bertz CT molecular complexity index is 970. The van der Waals surface area contributed by atoms with Crippen LogP contribution in [0.3, 0.4) is 0 Å². The average molecular weight is 493 g/mol. The molecule has 10 heteroatoms. The first-order valence-corrected chi connectivity index (χ1v) is 10.8. The molecular formula is C21H22BrFN4O4. The van der Waals surface area contributed by atoms with E-state index in [1.54, 1.807) is 18.3 Å². The molecule has 0 radical (unpaired) electrons. The molecule has 31 heavy (non-hydrogen) atoms. The topological polar surface area (TPSA) is 108 Å². The molecule has 2 aromatic heterocycles. The third-order valence-corrected chi connectivity index (χ3v) is 5.57. The number of ether oxygens (including phenoxy) is 2. The number of hydrogen-bond donors (Lipinski definition) is 1. The number of hydrogen-bond acceptors (Lipinski definition) is 6. The molecule has 0 aromatic carbocycles. The highest BCUT2D eigenvalue weighted by Gasteiger charge is 2.34. The van der Waals surface area contributed by atoms with Gasteiger partial charge in [0.15, 0.2) is 6.17 Å². The van der Waals surface area contributed by atoms with Gasteiger partial charge in [0, 0.05) is 29.3 Å². The minimum Gasteiger partial charge on any atom is -0.489 e. The lowest BCUT2D eigenvalue weighted by atomic mass is 10.0. The van der Waals surface area contributed by atoms with Crippen LogP contribution in [-0.4, -0.2) is 58.2 Å². The zero-order valence-corrected chi connectivity index (χ0v) is 18.3. The zero-order valence-electron chi connectivity index (χ0n) is 16.7. The highest BCUT2D eigenvalue weighted by molar-refractivity contribution is 9.10. The van der Waals surface area contributed by atoms with Gasteiger partial charge >= 0.3 is 0 Å². The molecule has 0 bridgehead atoms. The van der Waals surface area contributed by atoms with Crippen LogP contribution in [0.2, 0.25) is 0 Å². The summed E-state index contributed by atoms with van der Waals surface area (Å²) >= 11 is 3.21. The summed E-state index contributed by atoms with van der Waals surface area (Å²) in [5, 5.41) is 0. The number of nitrogens with zero attached hydrogens (tertiary/aromatic N) is 3. The third kappa shape index (κ3) is 5.49. The largest absolute Gasteiger partial charge is 0.489 e. The molecule has 0 spiro atoms. The number of carbonyl (C=O) groups excluding carboxylic acids is 2. The van der Waals surface area contributed by atoms with Crippen molar-refractivity contribution in [3.05, 3.63) is 46.3 Å². The summed E-state index contributed by atoms with van der Waals surface area (Å²) in [5.74, 6) is -0.241. The summed E-state index contributed by atoms with van der Waals surface area (Å²) in [6, 6.07) is 5.03. The number of amides is 2. The fraction of sp³-hybridized carbons (Fsp3) is 0.429. The van der Waals surface area contributed by atoms with E-state index in [0.29, 0.717) is 22.5 Å². The van der Waals surface area contributed by atoms with Gasteiger partial charge in [0.25, 0.3) is 5.91 Å². The van der Waals surface area contributed by atoms with E-state index in [-0.39, 0.29) is 42.8 Å². The first kappa shape index (κ1) is 21.5. The molecule has 3 heterocycles. The second-order valence-corrected chi connectivity index (χ2v) is 8.57. The van der Waals surface area contributed by atoms with Crippen molar-refractivity contribution >= 4 is 27.7 Å². The molecule has 164 valence electrons. The Morgan fingerprint density at radius 3 is 2.65 bits per heavy atom. The van der Waals surface area contributed by atoms with Crippen LogP contribution in [0.15, 0.2) is 35.1 Å². The number of primary amides is 1. The monoisotopic (exact) mass is 492 g/mol. The van der Waals surface area contributed by atoms with E-state index in [1.165, 1.54) is 17.2 Å². The molecule has 2 fully saturated rings. The van der Waals surface area contributed by atoms with E-state index < -0.39 is 18.2 Å². The van der Waals surface area contributed by atoms with Gasteiger partial charge in [-0.3, -0.25) is 14.6 Å². The first-order chi connectivity index (χ1) is 14.9. The predicted octanol–water partition coefficient (Wildman–Crippen LogP) is 2.44. The summed E-state index contributed by atoms with van der Waals surface area (Å²) in [6.07, 6.45) is 3.57. The quantitative estimate of drug-likeness (QED) is 0.635. The lowest BCUT2D eigenvalue weighted by Gasteiger charge is -2.34. The molecule has 2 amide bonds. The summed E-state index contributed by atoms with van der Waals surface area (Å²) in [4.78, 5) is 34.0. The fourth-order valence-corrected chi connectivity index (χ4v) is 3.64. The van der Waals surface area contributed by atoms with Gasteiger partial charge in [-0.15, -0.1) is 0 Å². The van der Waals surface area contributed by atoms with Gasteiger partial charge in [0.2, 0.25) is 11.8 Å². The summed E-state index contributed by atoms with van der Waals surface area (Å²) in [5.41, 5.74) is 6.03. The zero-order chi connectivity index (χ0) is 22.0. The highest BCUT2D eigenvalue weighted by atomic mass is 79.9. The molecule has 1 saturated heterocycles. The second-order valence-electron chi connectivity index (χ2n) is 7.65. The lowest BCUT2D eigenvalue weighted by Crippen LogP contribution is -2.49. The summed E-state index contributed by atoms with van der Waals surface area (Å²) in [6.45, 7) is 0.226. The molecule has 4 rings (SSSR count). The van der Waals surface area contributed by atoms with Crippen molar-refractivity contribution in [3.8, 4) is 11.6 Å². The molecular weight excluding hydrogens is 471 g/mol. The van der Waals surface area contributed by atoms with Crippen LogP contribution < -0.4 is 15.2 Å². The normalized spacial score (nSPS) is 20.9. The SMILES string of the molecule is NC(=O)c1cc(Br)cnc1O[C@H]1CCN(C(=O)Cc2ccc(OC3CC3)cn2)C[C@H]1F. The maximum Gasteiger partial charge on any atom is 0.254 e. The van der Waals surface area contributed by atoms with Crippen molar-refractivity contribution in [2.45, 2.75) is 44.1 Å². The summed E-state index contributed by atoms with van der Waals surface area (Å²) in [7, 11) is 0. The van der Waals surface area contributed by atoms with Gasteiger partial charge in [-0.25, -0.2) is 9.37 Å². The van der Waals surface area contributed by atoms with E-state index in [4.69, 9.17) is 15.2 Å².